The summed E-state index contributed by atoms with van der Waals surface area (Å²) in [6, 6.07) is 9.76. The van der Waals surface area contributed by atoms with Crippen LogP contribution in [-0.4, -0.2) is 33.4 Å². The van der Waals surface area contributed by atoms with Gasteiger partial charge < -0.3 is 9.30 Å². The predicted octanol–water partition coefficient (Wildman–Crippen LogP) is 5.18. The molecule has 29 heavy (non-hydrogen) atoms. The van der Waals surface area contributed by atoms with E-state index in [2.05, 4.69) is 31.0 Å². The number of ether oxygens (including phenoxy) is 1. The van der Waals surface area contributed by atoms with E-state index in [9.17, 15) is 4.79 Å². The maximum atomic E-state index is 12.9. The standard InChI is InChI=1S/C23H27N3O2S/c1-7-26-22(18-10-8-9-11-21(18)28-6)24-25-23(26)29-13-20(27)19-12-14(2)15(3)16(4)17(19)5/h8-12H,7,13H2,1-6H3. The van der Waals surface area contributed by atoms with Crippen molar-refractivity contribution < 1.29 is 9.53 Å². The van der Waals surface area contributed by atoms with E-state index in [0.717, 1.165) is 39.0 Å². The summed E-state index contributed by atoms with van der Waals surface area (Å²) in [7, 11) is 1.65. The fourth-order valence-electron chi connectivity index (χ4n) is 3.42. The Kier molecular flexibility index (Phi) is 6.42. The number of hydrogen-bond acceptors (Lipinski definition) is 5. The van der Waals surface area contributed by atoms with Crippen molar-refractivity contribution in [2.45, 2.75) is 46.3 Å². The smallest absolute Gasteiger partial charge is 0.191 e. The van der Waals surface area contributed by atoms with Gasteiger partial charge in [0.15, 0.2) is 16.8 Å². The largest absolute Gasteiger partial charge is 0.496 e. The molecule has 0 radical (unpaired) electrons. The number of hydrogen-bond donors (Lipinski definition) is 0. The molecular formula is C23H27N3O2S. The minimum atomic E-state index is 0.114. The first-order valence-corrected chi connectivity index (χ1v) is 10.7. The van der Waals surface area contributed by atoms with Crippen molar-refractivity contribution in [3.05, 3.63) is 58.1 Å². The summed E-state index contributed by atoms with van der Waals surface area (Å²) in [6.45, 7) is 11.0. The number of thioether (sulfide) groups is 1. The highest BCUT2D eigenvalue weighted by Crippen LogP contribution is 2.31. The zero-order chi connectivity index (χ0) is 21.1. The molecule has 0 N–H and O–H groups in total. The fourth-order valence-corrected chi connectivity index (χ4v) is 4.30. The molecule has 5 nitrogen and oxygen atoms in total. The minimum Gasteiger partial charge on any atom is -0.496 e. The Bertz CT molecular complexity index is 1060. The zero-order valence-corrected chi connectivity index (χ0v) is 18.7. The van der Waals surface area contributed by atoms with Gasteiger partial charge in [-0.1, -0.05) is 23.9 Å². The van der Waals surface area contributed by atoms with Gasteiger partial charge in [0.1, 0.15) is 5.75 Å². The van der Waals surface area contributed by atoms with Crippen LogP contribution in [0.15, 0.2) is 35.5 Å². The number of carbonyl (C=O) groups excluding carboxylic acids is 1. The summed E-state index contributed by atoms with van der Waals surface area (Å²) >= 11 is 1.43. The third kappa shape index (κ3) is 4.08. The number of methoxy groups -OCH3 is 1. The van der Waals surface area contributed by atoms with Crippen LogP contribution >= 0.6 is 11.8 Å². The summed E-state index contributed by atoms with van der Waals surface area (Å²) in [5.74, 6) is 1.94. The van der Waals surface area contributed by atoms with Crippen molar-refractivity contribution in [3.8, 4) is 17.1 Å². The summed E-state index contributed by atoms with van der Waals surface area (Å²) in [4.78, 5) is 12.9. The lowest BCUT2D eigenvalue weighted by atomic mass is 9.93. The van der Waals surface area contributed by atoms with E-state index in [-0.39, 0.29) is 5.78 Å². The Balaban J connectivity index is 1.85. The first-order valence-electron chi connectivity index (χ1n) is 9.69. The summed E-state index contributed by atoms with van der Waals surface area (Å²) in [6.07, 6.45) is 0. The Hall–Kier alpha value is -2.60. The lowest BCUT2D eigenvalue weighted by molar-refractivity contribution is 0.102. The van der Waals surface area contributed by atoms with Gasteiger partial charge in [-0.2, -0.15) is 0 Å². The number of aryl methyl sites for hydroxylation is 1. The van der Waals surface area contributed by atoms with Crippen LogP contribution in [-0.2, 0) is 6.54 Å². The van der Waals surface area contributed by atoms with Crippen molar-refractivity contribution in [2.24, 2.45) is 0 Å². The summed E-state index contributed by atoms with van der Waals surface area (Å²) < 4.78 is 7.49. The van der Waals surface area contributed by atoms with E-state index in [1.165, 1.54) is 22.9 Å². The molecule has 0 aliphatic heterocycles. The Morgan fingerprint density at radius 1 is 1.07 bits per heavy atom. The molecule has 0 amide bonds. The average Bonchev–Trinajstić information content (AvgIpc) is 3.15. The van der Waals surface area contributed by atoms with Crippen LogP contribution in [0.2, 0.25) is 0 Å². The van der Waals surface area contributed by atoms with Gasteiger partial charge in [0.25, 0.3) is 0 Å². The number of rotatable bonds is 7. The van der Waals surface area contributed by atoms with Crippen LogP contribution in [0.5, 0.6) is 5.75 Å². The summed E-state index contributed by atoms with van der Waals surface area (Å²) in [5, 5.41) is 9.46. The summed E-state index contributed by atoms with van der Waals surface area (Å²) in [5.41, 5.74) is 6.34. The number of benzene rings is 2. The number of carbonyl (C=O) groups is 1. The van der Waals surface area contributed by atoms with E-state index in [0.29, 0.717) is 12.3 Å². The Morgan fingerprint density at radius 2 is 1.79 bits per heavy atom. The number of Topliss-reactive ketones (excluding diaryl/α,β-unsaturated/α-hetero) is 1. The van der Waals surface area contributed by atoms with Crippen molar-refractivity contribution >= 4 is 17.5 Å². The van der Waals surface area contributed by atoms with E-state index >= 15 is 0 Å². The van der Waals surface area contributed by atoms with Gasteiger partial charge in [-0.25, -0.2) is 0 Å². The highest BCUT2D eigenvalue weighted by atomic mass is 32.2. The number of nitrogens with zero attached hydrogens (tertiary/aromatic N) is 3. The van der Waals surface area contributed by atoms with Gasteiger partial charge in [-0.3, -0.25) is 4.79 Å². The molecule has 0 bridgehead atoms. The minimum absolute atomic E-state index is 0.114. The second-order valence-corrected chi connectivity index (χ2v) is 8.02. The zero-order valence-electron chi connectivity index (χ0n) is 17.9. The second kappa shape index (κ2) is 8.82. The fraction of sp³-hybridized carbons (Fsp3) is 0.348. The van der Waals surface area contributed by atoms with Gasteiger partial charge in [0, 0.05) is 12.1 Å². The third-order valence-corrected chi connectivity index (χ3v) is 6.46. The number of ketones is 1. The van der Waals surface area contributed by atoms with Gasteiger partial charge in [-0.05, 0) is 75.1 Å². The van der Waals surface area contributed by atoms with Crippen LogP contribution in [0.25, 0.3) is 11.4 Å². The van der Waals surface area contributed by atoms with Gasteiger partial charge >= 0.3 is 0 Å². The van der Waals surface area contributed by atoms with E-state index in [1.807, 2.05) is 48.7 Å². The Labute approximate surface area is 176 Å². The van der Waals surface area contributed by atoms with Crippen LogP contribution in [0.4, 0.5) is 0 Å². The normalized spacial score (nSPS) is 11.0. The van der Waals surface area contributed by atoms with Crippen LogP contribution in [0.1, 0.15) is 39.5 Å². The lowest BCUT2D eigenvalue weighted by Gasteiger charge is -2.13. The van der Waals surface area contributed by atoms with Crippen molar-refractivity contribution in [1.82, 2.24) is 14.8 Å². The molecule has 0 saturated carbocycles. The molecule has 0 saturated heterocycles. The average molecular weight is 410 g/mol. The van der Waals surface area contributed by atoms with Crippen molar-refractivity contribution in [1.29, 1.82) is 0 Å². The molecule has 1 aromatic heterocycles. The molecule has 0 atom stereocenters. The highest BCUT2D eigenvalue weighted by molar-refractivity contribution is 7.99. The molecular weight excluding hydrogens is 382 g/mol. The highest BCUT2D eigenvalue weighted by Gasteiger charge is 2.19. The topological polar surface area (TPSA) is 57.0 Å². The molecule has 0 unspecified atom stereocenters. The molecule has 1 heterocycles. The quantitative estimate of drug-likeness (QED) is 0.397. The molecule has 3 aromatic rings. The SMILES string of the molecule is CCn1c(SCC(=O)c2cc(C)c(C)c(C)c2C)nnc1-c1ccccc1OC. The second-order valence-electron chi connectivity index (χ2n) is 7.08. The third-order valence-electron chi connectivity index (χ3n) is 5.50. The Morgan fingerprint density at radius 3 is 2.48 bits per heavy atom. The van der Waals surface area contributed by atoms with Gasteiger partial charge in [-0.15, -0.1) is 10.2 Å². The van der Waals surface area contributed by atoms with Crippen LogP contribution in [0.3, 0.4) is 0 Å². The molecule has 152 valence electrons. The first kappa shape index (κ1) is 21.1. The number of aromatic nitrogens is 3. The molecule has 0 fully saturated rings. The van der Waals surface area contributed by atoms with Gasteiger partial charge in [0.2, 0.25) is 0 Å². The van der Waals surface area contributed by atoms with Crippen molar-refractivity contribution in [2.75, 3.05) is 12.9 Å². The molecule has 3 rings (SSSR count). The maximum absolute atomic E-state index is 12.9. The number of para-hydroxylation sites is 1. The monoisotopic (exact) mass is 409 g/mol. The molecule has 0 spiro atoms. The van der Waals surface area contributed by atoms with E-state index < -0.39 is 0 Å². The molecule has 2 aromatic carbocycles. The van der Waals surface area contributed by atoms with Crippen LogP contribution in [0, 0.1) is 27.7 Å². The van der Waals surface area contributed by atoms with Crippen LogP contribution < -0.4 is 4.74 Å². The van der Waals surface area contributed by atoms with E-state index in [1.54, 1.807) is 7.11 Å². The molecule has 0 aliphatic carbocycles. The van der Waals surface area contributed by atoms with Crippen molar-refractivity contribution in [3.63, 3.8) is 0 Å². The first-order chi connectivity index (χ1) is 13.9. The van der Waals surface area contributed by atoms with E-state index in [4.69, 9.17) is 4.74 Å². The lowest BCUT2D eigenvalue weighted by Crippen LogP contribution is -2.09. The maximum Gasteiger partial charge on any atom is 0.191 e. The molecule has 6 heteroatoms. The predicted molar refractivity (Wildman–Crippen MR) is 118 cm³/mol. The van der Waals surface area contributed by atoms with Gasteiger partial charge in [0.05, 0.1) is 18.4 Å². The molecule has 0 aliphatic rings.